The van der Waals surface area contributed by atoms with E-state index in [2.05, 4.69) is 10.4 Å². The maximum absolute atomic E-state index is 13.3. The van der Waals surface area contributed by atoms with E-state index in [-0.39, 0.29) is 23.2 Å². The molecule has 1 aromatic carbocycles. The third-order valence-corrected chi connectivity index (χ3v) is 4.70. The second-order valence-corrected chi connectivity index (χ2v) is 6.53. The minimum atomic E-state index is -0.335. The Kier molecular flexibility index (Phi) is 5.03. The Morgan fingerprint density at radius 3 is 2.76 bits per heavy atom. The Hall–Kier alpha value is -2.41. The largest absolute Gasteiger partial charge is 0.504 e. The second kappa shape index (κ2) is 7.23. The van der Waals surface area contributed by atoms with Gasteiger partial charge < -0.3 is 15.3 Å². The second-order valence-electron chi connectivity index (χ2n) is 6.53. The first-order valence-electron chi connectivity index (χ1n) is 8.48. The number of rotatable bonds is 4. The van der Waals surface area contributed by atoms with Gasteiger partial charge >= 0.3 is 0 Å². The van der Waals surface area contributed by atoms with E-state index in [1.54, 1.807) is 17.9 Å². The third-order valence-electron chi connectivity index (χ3n) is 4.70. The topological polar surface area (TPSA) is 70.4 Å². The van der Waals surface area contributed by atoms with Crippen molar-refractivity contribution in [1.29, 1.82) is 0 Å². The van der Waals surface area contributed by atoms with Crippen LogP contribution in [-0.4, -0.2) is 52.4 Å². The molecule has 0 radical (unpaired) electrons. The molecule has 2 aromatic rings. The van der Waals surface area contributed by atoms with Gasteiger partial charge in [0.2, 0.25) is 0 Å². The van der Waals surface area contributed by atoms with Gasteiger partial charge in [0.15, 0.2) is 11.4 Å². The average molecular weight is 346 g/mol. The molecule has 1 aliphatic rings. The predicted octanol–water partition coefficient (Wildman–Crippen LogP) is 2.10. The molecule has 1 aliphatic heterocycles. The summed E-state index contributed by atoms with van der Waals surface area (Å²) >= 11 is 0. The van der Waals surface area contributed by atoms with Gasteiger partial charge in [-0.25, -0.2) is 9.07 Å². The van der Waals surface area contributed by atoms with Crippen LogP contribution in [0, 0.1) is 18.7 Å². The number of piperidine rings is 1. The number of likely N-dealkylation sites (tertiary alicyclic amines) is 1. The Morgan fingerprint density at radius 1 is 1.40 bits per heavy atom. The van der Waals surface area contributed by atoms with Crippen LogP contribution >= 0.6 is 0 Å². The Morgan fingerprint density at radius 2 is 2.12 bits per heavy atom. The Balaban J connectivity index is 1.77. The minimum Gasteiger partial charge on any atom is -0.504 e. The summed E-state index contributed by atoms with van der Waals surface area (Å²) < 4.78 is 14.7. The molecule has 0 bridgehead atoms. The van der Waals surface area contributed by atoms with Gasteiger partial charge in [-0.1, -0.05) is 0 Å². The van der Waals surface area contributed by atoms with Crippen LogP contribution in [0.1, 0.15) is 28.9 Å². The fraction of sp³-hybridized carbons (Fsp3) is 0.444. The molecule has 1 saturated heterocycles. The molecule has 0 unspecified atom stereocenters. The molecular weight excluding hydrogens is 323 g/mol. The minimum absolute atomic E-state index is 0.0378. The summed E-state index contributed by atoms with van der Waals surface area (Å²) in [4.78, 5) is 14.4. The zero-order chi connectivity index (χ0) is 18.0. The molecule has 1 amide bonds. The van der Waals surface area contributed by atoms with Crippen LogP contribution in [-0.2, 0) is 0 Å². The quantitative estimate of drug-likeness (QED) is 0.889. The summed E-state index contributed by atoms with van der Waals surface area (Å²) in [5.74, 6) is -0.189. The normalized spacial score (nSPS) is 15.6. The van der Waals surface area contributed by atoms with Crippen molar-refractivity contribution >= 4 is 5.91 Å². The highest BCUT2D eigenvalue weighted by Crippen LogP contribution is 2.24. The summed E-state index contributed by atoms with van der Waals surface area (Å²) in [7, 11) is 1.93. The van der Waals surface area contributed by atoms with Crippen molar-refractivity contribution in [3.8, 4) is 11.4 Å². The third kappa shape index (κ3) is 3.66. The molecule has 0 spiro atoms. The fourth-order valence-corrected chi connectivity index (χ4v) is 3.30. The van der Waals surface area contributed by atoms with Crippen molar-refractivity contribution < 1.29 is 14.3 Å². The van der Waals surface area contributed by atoms with Crippen LogP contribution in [0.25, 0.3) is 5.69 Å². The van der Waals surface area contributed by atoms with Gasteiger partial charge in [0, 0.05) is 13.1 Å². The molecule has 2 N–H and O–H groups in total. The number of aromatic nitrogens is 2. The molecule has 1 aromatic heterocycles. The number of nitrogens with one attached hydrogen (secondary N) is 1. The summed E-state index contributed by atoms with van der Waals surface area (Å²) in [5.41, 5.74) is 1.34. The molecule has 2 heterocycles. The number of aromatic hydroxyl groups is 1. The summed E-state index contributed by atoms with van der Waals surface area (Å²) in [6.07, 6.45) is 3.26. The zero-order valence-corrected chi connectivity index (χ0v) is 14.5. The van der Waals surface area contributed by atoms with E-state index >= 15 is 0 Å². The smallest absolute Gasteiger partial charge is 0.278 e. The van der Waals surface area contributed by atoms with Crippen LogP contribution in [0.4, 0.5) is 4.39 Å². The van der Waals surface area contributed by atoms with E-state index < -0.39 is 0 Å². The zero-order valence-electron chi connectivity index (χ0n) is 14.5. The monoisotopic (exact) mass is 346 g/mol. The van der Waals surface area contributed by atoms with Crippen LogP contribution in [0.2, 0.25) is 0 Å². The lowest BCUT2D eigenvalue weighted by molar-refractivity contribution is 0.0681. The number of hydrogen-bond donors (Lipinski definition) is 2. The first-order valence-corrected chi connectivity index (χ1v) is 8.48. The number of carbonyl (C=O) groups excluding carboxylic acids is 1. The van der Waals surface area contributed by atoms with Crippen molar-refractivity contribution in [2.45, 2.75) is 19.8 Å². The number of aryl methyl sites for hydroxylation is 1. The van der Waals surface area contributed by atoms with Crippen molar-refractivity contribution in [3.05, 3.63) is 41.5 Å². The summed E-state index contributed by atoms with van der Waals surface area (Å²) in [5, 5.41) is 17.6. The lowest BCUT2D eigenvalue weighted by Crippen LogP contribution is -2.40. The van der Waals surface area contributed by atoms with Crippen LogP contribution in [0.3, 0.4) is 0 Å². The lowest BCUT2D eigenvalue weighted by atomic mass is 9.96. The van der Waals surface area contributed by atoms with Gasteiger partial charge in [0.25, 0.3) is 5.91 Å². The SMILES string of the molecule is CNCC1CCN(C(=O)c2nn(-c3ccc(F)cc3C)cc2O)CC1. The molecule has 7 heteroatoms. The van der Waals surface area contributed by atoms with Crippen LogP contribution < -0.4 is 5.32 Å². The lowest BCUT2D eigenvalue weighted by Gasteiger charge is -2.31. The van der Waals surface area contributed by atoms with Gasteiger partial charge in [-0.05, 0) is 63.0 Å². The predicted molar refractivity (Wildman–Crippen MR) is 92.5 cm³/mol. The van der Waals surface area contributed by atoms with E-state index in [4.69, 9.17) is 0 Å². The van der Waals surface area contributed by atoms with Gasteiger partial charge in [-0.3, -0.25) is 4.79 Å². The average Bonchev–Trinajstić information content (AvgIpc) is 2.96. The number of carbonyl (C=O) groups is 1. The summed E-state index contributed by atoms with van der Waals surface area (Å²) in [6.45, 7) is 4.02. The molecule has 3 rings (SSSR count). The molecule has 134 valence electrons. The molecule has 25 heavy (non-hydrogen) atoms. The van der Waals surface area contributed by atoms with E-state index in [1.807, 2.05) is 7.05 Å². The van der Waals surface area contributed by atoms with Gasteiger partial charge in [0.1, 0.15) is 5.82 Å². The number of halogens is 1. The van der Waals surface area contributed by atoms with E-state index in [0.29, 0.717) is 30.3 Å². The number of nitrogens with zero attached hydrogens (tertiary/aromatic N) is 3. The number of benzene rings is 1. The van der Waals surface area contributed by atoms with Gasteiger partial charge in [-0.15, -0.1) is 0 Å². The molecule has 0 aliphatic carbocycles. The van der Waals surface area contributed by atoms with E-state index in [1.165, 1.54) is 23.0 Å². The van der Waals surface area contributed by atoms with Crippen molar-refractivity contribution in [1.82, 2.24) is 20.0 Å². The first kappa shape index (κ1) is 17.4. The van der Waals surface area contributed by atoms with Crippen LogP contribution in [0.15, 0.2) is 24.4 Å². The highest BCUT2D eigenvalue weighted by atomic mass is 19.1. The molecular formula is C18H23FN4O2. The Labute approximate surface area is 146 Å². The Bertz CT molecular complexity index is 766. The van der Waals surface area contributed by atoms with Gasteiger partial charge in [-0.2, -0.15) is 5.10 Å². The maximum atomic E-state index is 13.3. The van der Waals surface area contributed by atoms with Crippen molar-refractivity contribution in [2.24, 2.45) is 5.92 Å². The summed E-state index contributed by atoms with van der Waals surface area (Å²) in [6, 6.07) is 4.30. The van der Waals surface area contributed by atoms with E-state index in [9.17, 15) is 14.3 Å². The molecule has 0 saturated carbocycles. The first-order chi connectivity index (χ1) is 12.0. The van der Waals surface area contributed by atoms with Gasteiger partial charge in [0.05, 0.1) is 11.9 Å². The molecule has 6 nitrogen and oxygen atoms in total. The highest BCUT2D eigenvalue weighted by Gasteiger charge is 2.27. The standard InChI is InChI=1S/C18H23FN4O2/c1-12-9-14(19)3-4-15(12)23-11-16(24)17(21-23)18(25)22-7-5-13(6-8-22)10-20-2/h3-4,9,11,13,20,24H,5-8,10H2,1-2H3. The fourth-order valence-electron chi connectivity index (χ4n) is 3.30. The van der Waals surface area contributed by atoms with Crippen LogP contribution in [0.5, 0.6) is 5.75 Å². The maximum Gasteiger partial charge on any atom is 0.278 e. The van der Waals surface area contributed by atoms with Crippen molar-refractivity contribution in [3.63, 3.8) is 0 Å². The molecule has 1 fully saturated rings. The number of amides is 1. The highest BCUT2D eigenvalue weighted by molar-refractivity contribution is 5.94. The van der Waals surface area contributed by atoms with Crippen molar-refractivity contribution in [2.75, 3.05) is 26.7 Å². The number of hydrogen-bond acceptors (Lipinski definition) is 4. The molecule has 0 atom stereocenters. The van der Waals surface area contributed by atoms with E-state index in [0.717, 1.165) is 19.4 Å².